The second-order valence-corrected chi connectivity index (χ2v) is 10.3. The maximum absolute atomic E-state index is 13.0. The Balaban J connectivity index is 1.67. The quantitative estimate of drug-likeness (QED) is 0.540. The van der Waals surface area contributed by atoms with Crippen LogP contribution in [0.1, 0.15) is 34.8 Å². The van der Waals surface area contributed by atoms with Crippen LogP contribution in [0.4, 0.5) is 4.39 Å². The van der Waals surface area contributed by atoms with E-state index in [1.165, 1.54) is 23.5 Å². The molecule has 0 saturated carbocycles. The molecule has 3 aromatic rings. The lowest BCUT2D eigenvalue weighted by atomic mass is 10.1. The van der Waals surface area contributed by atoms with Gasteiger partial charge in [0.15, 0.2) is 15.6 Å². The SMILES string of the molecule is CC(C)S(=O)(=O)Cc1ccc(C(=O)Cc2nnc(-c3ccc(F)cc3)s2)cc1. The number of ketones is 1. The summed E-state index contributed by atoms with van der Waals surface area (Å²) in [5.41, 5.74) is 1.89. The highest BCUT2D eigenvalue weighted by Crippen LogP contribution is 2.24. The number of carbonyl (C=O) groups is 1. The van der Waals surface area contributed by atoms with Crippen molar-refractivity contribution in [3.05, 3.63) is 70.5 Å². The average molecular weight is 419 g/mol. The Morgan fingerprint density at radius 2 is 1.68 bits per heavy atom. The van der Waals surface area contributed by atoms with Gasteiger partial charge in [0.05, 0.1) is 17.4 Å². The first kappa shape index (κ1) is 20.3. The average Bonchev–Trinajstić information content (AvgIpc) is 3.11. The van der Waals surface area contributed by atoms with Crippen LogP contribution in [0.5, 0.6) is 0 Å². The number of hydrogen-bond donors (Lipinski definition) is 0. The van der Waals surface area contributed by atoms with Gasteiger partial charge in [0.25, 0.3) is 0 Å². The zero-order valence-corrected chi connectivity index (χ0v) is 17.1. The van der Waals surface area contributed by atoms with Crippen molar-refractivity contribution in [2.45, 2.75) is 31.3 Å². The number of rotatable bonds is 7. The van der Waals surface area contributed by atoms with E-state index in [1.807, 2.05) is 0 Å². The van der Waals surface area contributed by atoms with E-state index in [0.29, 0.717) is 21.1 Å². The third kappa shape index (κ3) is 4.88. The minimum atomic E-state index is -3.18. The van der Waals surface area contributed by atoms with Crippen LogP contribution in [-0.2, 0) is 22.0 Å². The maximum atomic E-state index is 13.0. The van der Waals surface area contributed by atoms with Crippen molar-refractivity contribution >= 4 is 27.0 Å². The number of aromatic nitrogens is 2. The number of carbonyl (C=O) groups excluding carboxylic acids is 1. The number of benzene rings is 2. The molecule has 0 N–H and O–H groups in total. The van der Waals surface area contributed by atoms with Crippen molar-refractivity contribution in [2.75, 3.05) is 0 Å². The number of Topliss-reactive ketones (excluding diaryl/α,β-unsaturated/α-hetero) is 1. The van der Waals surface area contributed by atoms with Gasteiger partial charge in [0, 0.05) is 11.1 Å². The van der Waals surface area contributed by atoms with E-state index in [-0.39, 0.29) is 23.8 Å². The molecule has 146 valence electrons. The Kier molecular flexibility index (Phi) is 6.00. The molecule has 0 saturated heterocycles. The minimum absolute atomic E-state index is 0.0451. The molecule has 0 fully saturated rings. The smallest absolute Gasteiger partial charge is 0.169 e. The first-order valence-corrected chi connectivity index (χ1v) is 11.2. The lowest BCUT2D eigenvalue weighted by molar-refractivity contribution is 0.0992. The van der Waals surface area contributed by atoms with Crippen LogP contribution < -0.4 is 0 Å². The molecule has 0 spiro atoms. The van der Waals surface area contributed by atoms with Gasteiger partial charge in [-0.1, -0.05) is 35.6 Å². The third-order valence-corrected chi connectivity index (χ3v) is 7.38. The van der Waals surface area contributed by atoms with Crippen molar-refractivity contribution in [1.82, 2.24) is 10.2 Å². The summed E-state index contributed by atoms with van der Waals surface area (Å²) in [6.45, 7) is 3.30. The van der Waals surface area contributed by atoms with Gasteiger partial charge in [-0.25, -0.2) is 12.8 Å². The summed E-state index contributed by atoms with van der Waals surface area (Å²) in [6.07, 6.45) is 0.0997. The van der Waals surface area contributed by atoms with Crippen molar-refractivity contribution in [1.29, 1.82) is 0 Å². The predicted octanol–water partition coefficient (Wildman–Crippen LogP) is 4.09. The maximum Gasteiger partial charge on any atom is 0.169 e. The molecule has 2 aromatic carbocycles. The van der Waals surface area contributed by atoms with Gasteiger partial charge in [-0.2, -0.15) is 0 Å². The molecular formula is C20H19FN2O3S2. The highest BCUT2D eigenvalue weighted by molar-refractivity contribution is 7.91. The highest BCUT2D eigenvalue weighted by atomic mass is 32.2. The Hall–Kier alpha value is -2.45. The van der Waals surface area contributed by atoms with Crippen LogP contribution in [0, 0.1) is 5.82 Å². The molecule has 0 atom stereocenters. The molecule has 0 radical (unpaired) electrons. The van der Waals surface area contributed by atoms with E-state index < -0.39 is 15.1 Å². The molecule has 0 bridgehead atoms. The molecule has 0 unspecified atom stereocenters. The molecule has 0 aliphatic rings. The first-order chi connectivity index (χ1) is 13.2. The van der Waals surface area contributed by atoms with Crippen LogP contribution in [0.3, 0.4) is 0 Å². The Labute approximate surface area is 167 Å². The van der Waals surface area contributed by atoms with Gasteiger partial charge in [-0.05, 0) is 43.7 Å². The van der Waals surface area contributed by atoms with E-state index in [9.17, 15) is 17.6 Å². The molecule has 28 heavy (non-hydrogen) atoms. The third-order valence-electron chi connectivity index (χ3n) is 4.23. The normalized spacial score (nSPS) is 11.7. The molecule has 1 heterocycles. The van der Waals surface area contributed by atoms with Crippen LogP contribution >= 0.6 is 11.3 Å². The Bertz CT molecular complexity index is 1070. The Morgan fingerprint density at radius 1 is 1.04 bits per heavy atom. The molecular weight excluding hydrogens is 399 g/mol. The summed E-state index contributed by atoms with van der Waals surface area (Å²) >= 11 is 1.28. The minimum Gasteiger partial charge on any atom is -0.294 e. The van der Waals surface area contributed by atoms with Gasteiger partial charge in [-0.15, -0.1) is 10.2 Å². The zero-order chi connectivity index (χ0) is 20.3. The molecule has 8 heteroatoms. The lowest BCUT2D eigenvalue weighted by Crippen LogP contribution is -2.16. The standard InChI is InChI=1S/C20H19FN2O3S2/c1-13(2)28(25,26)12-14-3-5-15(6-4-14)18(24)11-19-22-23-20(27-19)16-7-9-17(21)10-8-16/h3-10,13H,11-12H2,1-2H3. The van der Waals surface area contributed by atoms with Crippen LogP contribution in [-0.4, -0.2) is 29.6 Å². The van der Waals surface area contributed by atoms with Gasteiger partial charge in [0.2, 0.25) is 0 Å². The summed E-state index contributed by atoms with van der Waals surface area (Å²) in [4.78, 5) is 12.5. The fraction of sp³-hybridized carbons (Fsp3) is 0.250. The van der Waals surface area contributed by atoms with Gasteiger partial charge >= 0.3 is 0 Å². The summed E-state index contributed by atoms with van der Waals surface area (Å²) in [7, 11) is -3.18. The van der Waals surface area contributed by atoms with Crippen molar-refractivity contribution < 1.29 is 17.6 Å². The zero-order valence-electron chi connectivity index (χ0n) is 15.4. The fourth-order valence-electron chi connectivity index (χ4n) is 2.46. The van der Waals surface area contributed by atoms with Gasteiger partial charge in [-0.3, -0.25) is 4.79 Å². The van der Waals surface area contributed by atoms with E-state index >= 15 is 0 Å². The van der Waals surface area contributed by atoms with E-state index in [2.05, 4.69) is 10.2 Å². The second-order valence-electron chi connectivity index (χ2n) is 6.66. The van der Waals surface area contributed by atoms with Gasteiger partial charge in [0.1, 0.15) is 15.8 Å². The summed E-state index contributed by atoms with van der Waals surface area (Å²) in [5.74, 6) is -0.496. The lowest BCUT2D eigenvalue weighted by Gasteiger charge is -2.08. The van der Waals surface area contributed by atoms with E-state index in [1.54, 1.807) is 50.2 Å². The van der Waals surface area contributed by atoms with Crippen LogP contribution in [0.15, 0.2) is 48.5 Å². The van der Waals surface area contributed by atoms with Crippen molar-refractivity contribution in [3.63, 3.8) is 0 Å². The summed E-state index contributed by atoms with van der Waals surface area (Å²) < 4.78 is 37.0. The van der Waals surface area contributed by atoms with Crippen LogP contribution in [0.2, 0.25) is 0 Å². The van der Waals surface area contributed by atoms with Crippen molar-refractivity contribution in [3.8, 4) is 10.6 Å². The van der Waals surface area contributed by atoms with Gasteiger partial charge < -0.3 is 0 Å². The van der Waals surface area contributed by atoms with Crippen LogP contribution in [0.25, 0.3) is 10.6 Å². The highest BCUT2D eigenvalue weighted by Gasteiger charge is 2.17. The molecule has 1 aromatic heterocycles. The van der Waals surface area contributed by atoms with E-state index in [0.717, 1.165) is 5.56 Å². The number of hydrogen-bond acceptors (Lipinski definition) is 6. The van der Waals surface area contributed by atoms with Crippen molar-refractivity contribution in [2.24, 2.45) is 0 Å². The molecule has 0 amide bonds. The van der Waals surface area contributed by atoms with E-state index in [4.69, 9.17) is 0 Å². The monoisotopic (exact) mass is 418 g/mol. The summed E-state index contributed by atoms with van der Waals surface area (Å²) in [5, 5.41) is 8.85. The summed E-state index contributed by atoms with van der Waals surface area (Å²) in [6, 6.07) is 12.5. The number of halogens is 1. The molecule has 5 nitrogen and oxygen atoms in total. The topological polar surface area (TPSA) is 77.0 Å². The number of sulfone groups is 1. The second kappa shape index (κ2) is 8.28. The first-order valence-electron chi connectivity index (χ1n) is 8.66. The Morgan fingerprint density at radius 3 is 2.29 bits per heavy atom. The molecule has 0 aliphatic carbocycles. The fourth-order valence-corrected chi connectivity index (χ4v) is 4.29. The molecule has 0 aliphatic heterocycles. The predicted molar refractivity (Wildman–Crippen MR) is 108 cm³/mol. The molecule has 3 rings (SSSR count). The largest absolute Gasteiger partial charge is 0.294 e. The number of nitrogens with zero attached hydrogens (tertiary/aromatic N) is 2.